The second kappa shape index (κ2) is 11.2. The van der Waals surface area contributed by atoms with E-state index >= 15 is 0 Å². The Bertz CT molecular complexity index is 929. The van der Waals surface area contributed by atoms with Crippen molar-refractivity contribution < 1.29 is 19.4 Å². The van der Waals surface area contributed by atoms with E-state index in [4.69, 9.17) is 0 Å². The van der Waals surface area contributed by atoms with Gasteiger partial charge in [-0.05, 0) is 42.3 Å². The van der Waals surface area contributed by atoms with Crippen LogP contribution >= 0.6 is 0 Å². The van der Waals surface area contributed by atoms with Crippen LogP contribution in [0.4, 0.5) is 10.2 Å². The third-order valence-corrected chi connectivity index (χ3v) is 7.08. The highest BCUT2D eigenvalue weighted by Gasteiger charge is 2.27. The highest BCUT2D eigenvalue weighted by atomic mass is 19.1. The van der Waals surface area contributed by atoms with Crippen molar-refractivity contribution in [3.05, 3.63) is 36.3 Å². The molecule has 0 spiro atoms. The highest BCUT2D eigenvalue weighted by molar-refractivity contribution is 5.92. The summed E-state index contributed by atoms with van der Waals surface area (Å²) in [5.74, 6) is 0.132. The molecule has 1 aromatic carbocycles. The Hall–Kier alpha value is -2.29. The zero-order valence-corrected chi connectivity index (χ0v) is 19.1. The second-order valence-electron chi connectivity index (χ2n) is 9.45. The zero-order valence-electron chi connectivity index (χ0n) is 19.1. The molecule has 8 heteroatoms. The standard InChI is InChI=1S/C25H35FN4O3/c26-20-7-6-18-8-9-27-25(22(18)14-20)30-12-10-29(11-13-30)17-21(31)16-28-23(15-24(32)33)19-4-2-1-3-5-19/h6-9,14,19,21,23,28,31H,1-5,10-13,15-17H2,(H,32,33)/t21-,23?/m1/s1. The van der Waals surface area contributed by atoms with E-state index in [-0.39, 0.29) is 18.3 Å². The van der Waals surface area contributed by atoms with Gasteiger partial charge in [0.1, 0.15) is 11.6 Å². The first-order valence-electron chi connectivity index (χ1n) is 12.1. The monoisotopic (exact) mass is 458 g/mol. The van der Waals surface area contributed by atoms with Crippen LogP contribution in [0.2, 0.25) is 0 Å². The zero-order chi connectivity index (χ0) is 23.2. The molecule has 1 aliphatic heterocycles. The molecule has 2 aliphatic rings. The third-order valence-electron chi connectivity index (χ3n) is 7.08. The predicted octanol–water partition coefficient (Wildman–Crippen LogP) is 2.87. The van der Waals surface area contributed by atoms with E-state index in [0.29, 0.717) is 19.0 Å². The smallest absolute Gasteiger partial charge is 0.304 e. The summed E-state index contributed by atoms with van der Waals surface area (Å²) in [6, 6.07) is 6.60. The fourth-order valence-electron chi connectivity index (χ4n) is 5.30. The molecule has 2 fully saturated rings. The Morgan fingerprint density at radius 3 is 2.64 bits per heavy atom. The summed E-state index contributed by atoms with van der Waals surface area (Å²) >= 11 is 0. The Morgan fingerprint density at radius 1 is 1.15 bits per heavy atom. The summed E-state index contributed by atoms with van der Waals surface area (Å²) in [5, 5.41) is 25.1. The van der Waals surface area contributed by atoms with Crippen LogP contribution in [0.3, 0.4) is 0 Å². The van der Waals surface area contributed by atoms with Crippen molar-refractivity contribution in [3.63, 3.8) is 0 Å². The maximum atomic E-state index is 13.8. The number of carboxylic acids is 1. The lowest BCUT2D eigenvalue weighted by Crippen LogP contribution is -2.51. The lowest BCUT2D eigenvalue weighted by molar-refractivity contribution is -0.138. The summed E-state index contributed by atoms with van der Waals surface area (Å²) in [4.78, 5) is 20.2. The maximum absolute atomic E-state index is 13.8. The number of carboxylic acid groups (broad SMARTS) is 1. The van der Waals surface area contributed by atoms with Crippen LogP contribution in [-0.4, -0.2) is 77.5 Å². The Balaban J connectivity index is 1.27. The van der Waals surface area contributed by atoms with Gasteiger partial charge in [-0.1, -0.05) is 25.3 Å². The van der Waals surface area contributed by atoms with Crippen LogP contribution in [0.1, 0.15) is 38.5 Å². The first-order chi connectivity index (χ1) is 16.0. The first-order valence-corrected chi connectivity index (χ1v) is 12.1. The minimum Gasteiger partial charge on any atom is -0.481 e. The first kappa shape index (κ1) is 23.9. The molecule has 0 bridgehead atoms. The third kappa shape index (κ3) is 6.40. The van der Waals surface area contributed by atoms with E-state index in [0.717, 1.165) is 68.5 Å². The number of carbonyl (C=O) groups is 1. The van der Waals surface area contributed by atoms with Crippen LogP contribution in [0, 0.1) is 11.7 Å². The van der Waals surface area contributed by atoms with Crippen LogP contribution in [0.25, 0.3) is 10.8 Å². The minimum atomic E-state index is -0.786. The van der Waals surface area contributed by atoms with E-state index in [9.17, 15) is 19.4 Å². The summed E-state index contributed by atoms with van der Waals surface area (Å²) < 4.78 is 13.8. The number of anilines is 1. The summed E-state index contributed by atoms with van der Waals surface area (Å²) in [6.45, 7) is 4.03. The van der Waals surface area contributed by atoms with Crippen molar-refractivity contribution in [2.45, 2.75) is 50.7 Å². The normalized spacial score (nSPS) is 20.1. The summed E-state index contributed by atoms with van der Waals surface area (Å²) in [6.07, 6.45) is 6.99. The van der Waals surface area contributed by atoms with Gasteiger partial charge in [0.25, 0.3) is 0 Å². The number of hydrogen-bond donors (Lipinski definition) is 3. The van der Waals surface area contributed by atoms with Gasteiger partial charge < -0.3 is 20.4 Å². The maximum Gasteiger partial charge on any atom is 0.304 e. The molecule has 1 saturated heterocycles. The van der Waals surface area contributed by atoms with Crippen molar-refractivity contribution in [2.24, 2.45) is 5.92 Å². The van der Waals surface area contributed by atoms with Gasteiger partial charge in [0, 0.05) is 56.9 Å². The average molecular weight is 459 g/mol. The number of rotatable bonds is 9. The van der Waals surface area contributed by atoms with Crippen LogP contribution < -0.4 is 10.2 Å². The SMILES string of the molecule is O=C(O)CC(NC[C@@H](O)CN1CCN(c2nccc3ccc(F)cc23)CC1)C1CCCCC1. The molecule has 33 heavy (non-hydrogen) atoms. The fraction of sp³-hybridized carbons (Fsp3) is 0.600. The van der Waals surface area contributed by atoms with E-state index in [1.54, 1.807) is 18.3 Å². The highest BCUT2D eigenvalue weighted by Crippen LogP contribution is 2.28. The number of aliphatic carboxylic acids is 1. The second-order valence-corrected chi connectivity index (χ2v) is 9.45. The topological polar surface area (TPSA) is 88.9 Å². The van der Waals surface area contributed by atoms with Gasteiger partial charge in [-0.15, -0.1) is 0 Å². The molecule has 1 unspecified atom stereocenters. The Labute approximate surface area is 194 Å². The molecule has 2 aromatic rings. The van der Waals surface area contributed by atoms with Crippen molar-refractivity contribution in [3.8, 4) is 0 Å². The lowest BCUT2D eigenvalue weighted by atomic mass is 9.82. The molecule has 4 rings (SSSR count). The predicted molar refractivity (Wildman–Crippen MR) is 127 cm³/mol. The number of nitrogens with zero attached hydrogens (tertiary/aromatic N) is 3. The summed E-state index contributed by atoms with van der Waals surface area (Å²) in [7, 11) is 0. The van der Waals surface area contributed by atoms with Crippen LogP contribution in [0.15, 0.2) is 30.5 Å². The van der Waals surface area contributed by atoms with Gasteiger partial charge >= 0.3 is 5.97 Å². The average Bonchev–Trinajstić information content (AvgIpc) is 2.82. The van der Waals surface area contributed by atoms with E-state index in [1.807, 2.05) is 6.07 Å². The molecule has 2 heterocycles. The number of β-amino-alcohol motifs (C(OH)–C–C–N with tert-alkyl or cyclic N) is 1. The molecular formula is C25H35FN4O3. The Morgan fingerprint density at radius 2 is 1.91 bits per heavy atom. The largest absolute Gasteiger partial charge is 0.481 e. The number of fused-ring (bicyclic) bond motifs is 1. The number of piperazine rings is 1. The van der Waals surface area contributed by atoms with Gasteiger partial charge in [-0.25, -0.2) is 9.37 Å². The lowest BCUT2D eigenvalue weighted by Gasteiger charge is -2.37. The number of aliphatic hydroxyl groups excluding tert-OH is 1. The molecular weight excluding hydrogens is 423 g/mol. The molecule has 1 aliphatic carbocycles. The molecule has 0 amide bonds. The molecule has 180 valence electrons. The van der Waals surface area contributed by atoms with Crippen LogP contribution in [0.5, 0.6) is 0 Å². The fourth-order valence-corrected chi connectivity index (χ4v) is 5.30. The molecule has 3 N–H and O–H groups in total. The van der Waals surface area contributed by atoms with E-state index < -0.39 is 12.1 Å². The number of nitrogens with one attached hydrogen (secondary N) is 1. The number of pyridine rings is 1. The molecule has 2 atom stereocenters. The summed E-state index contributed by atoms with van der Waals surface area (Å²) in [5.41, 5.74) is 0. The minimum absolute atomic E-state index is 0.0767. The molecule has 0 radical (unpaired) electrons. The number of benzene rings is 1. The van der Waals surface area contributed by atoms with Gasteiger partial charge in [0.05, 0.1) is 12.5 Å². The van der Waals surface area contributed by atoms with E-state index in [1.165, 1.54) is 12.5 Å². The number of hydrogen-bond acceptors (Lipinski definition) is 6. The Kier molecular flexibility index (Phi) is 8.11. The van der Waals surface area contributed by atoms with Crippen molar-refractivity contribution >= 4 is 22.6 Å². The van der Waals surface area contributed by atoms with Crippen LogP contribution in [-0.2, 0) is 4.79 Å². The molecule has 1 saturated carbocycles. The quantitative estimate of drug-likeness (QED) is 0.532. The number of aliphatic hydroxyl groups is 1. The number of aromatic nitrogens is 1. The van der Waals surface area contributed by atoms with E-state index in [2.05, 4.69) is 20.1 Å². The molecule has 1 aromatic heterocycles. The van der Waals surface area contributed by atoms with Gasteiger partial charge in [0.2, 0.25) is 0 Å². The molecule has 7 nitrogen and oxygen atoms in total. The van der Waals surface area contributed by atoms with Gasteiger partial charge in [-0.3, -0.25) is 9.69 Å². The van der Waals surface area contributed by atoms with Gasteiger partial charge in [0.15, 0.2) is 0 Å². The van der Waals surface area contributed by atoms with Gasteiger partial charge in [-0.2, -0.15) is 0 Å². The van der Waals surface area contributed by atoms with Crippen molar-refractivity contribution in [1.82, 2.24) is 15.2 Å². The van der Waals surface area contributed by atoms with Crippen molar-refractivity contribution in [1.29, 1.82) is 0 Å². The number of halogens is 1. The van der Waals surface area contributed by atoms with Crippen molar-refractivity contribution in [2.75, 3.05) is 44.2 Å².